The van der Waals surface area contributed by atoms with E-state index >= 15 is 0 Å². The molecule has 0 fully saturated rings. The lowest BCUT2D eigenvalue weighted by molar-refractivity contribution is -0.161. The second kappa shape index (κ2) is 35.1. The zero-order valence-electron chi connectivity index (χ0n) is 31.2. The summed E-state index contributed by atoms with van der Waals surface area (Å²) >= 11 is 0. The molecular formula is C38H73O10P. The SMILES string of the molecule is CCCCCCC/C=C\CCCCCCCC(=O)OC[C@H](COP(=O)(O)OC[C@@H](O)CO)OC(=O)CCCCCCCCCCCCCC. The molecule has 3 atom stereocenters. The van der Waals surface area contributed by atoms with Gasteiger partial charge < -0.3 is 24.6 Å². The van der Waals surface area contributed by atoms with Crippen molar-refractivity contribution in [3.05, 3.63) is 12.2 Å². The number of unbranched alkanes of at least 4 members (excludes halogenated alkanes) is 21. The van der Waals surface area contributed by atoms with Crippen molar-refractivity contribution in [2.45, 2.75) is 193 Å². The summed E-state index contributed by atoms with van der Waals surface area (Å²) in [4.78, 5) is 34.8. The van der Waals surface area contributed by atoms with E-state index in [1.54, 1.807) is 0 Å². The van der Waals surface area contributed by atoms with E-state index in [2.05, 4.69) is 30.5 Å². The topological polar surface area (TPSA) is 149 Å². The Balaban J connectivity index is 4.35. The summed E-state index contributed by atoms with van der Waals surface area (Å²) < 4.78 is 32.6. The Morgan fingerprint density at radius 1 is 0.592 bits per heavy atom. The highest BCUT2D eigenvalue weighted by molar-refractivity contribution is 7.47. The van der Waals surface area contributed by atoms with Gasteiger partial charge in [-0.1, -0.05) is 142 Å². The molecule has 11 heteroatoms. The number of aliphatic hydroxyl groups excluding tert-OH is 2. The molecule has 1 unspecified atom stereocenters. The van der Waals surface area contributed by atoms with Crippen molar-refractivity contribution in [2.24, 2.45) is 0 Å². The molecule has 0 aliphatic carbocycles. The minimum atomic E-state index is -4.61. The zero-order valence-corrected chi connectivity index (χ0v) is 32.1. The number of carbonyl (C=O) groups excluding carboxylic acids is 2. The van der Waals surface area contributed by atoms with Gasteiger partial charge in [0.05, 0.1) is 19.8 Å². The van der Waals surface area contributed by atoms with Crippen LogP contribution in [0, 0.1) is 0 Å². The molecule has 0 saturated carbocycles. The molecule has 0 radical (unpaired) electrons. The summed E-state index contributed by atoms with van der Waals surface area (Å²) in [5.41, 5.74) is 0. The van der Waals surface area contributed by atoms with Crippen molar-refractivity contribution in [1.82, 2.24) is 0 Å². The molecule has 0 aliphatic heterocycles. The highest BCUT2D eigenvalue weighted by atomic mass is 31.2. The normalized spacial score (nSPS) is 14.1. The van der Waals surface area contributed by atoms with Crippen molar-refractivity contribution in [1.29, 1.82) is 0 Å². The fraction of sp³-hybridized carbons (Fsp3) is 0.895. The fourth-order valence-corrected chi connectivity index (χ4v) is 6.13. The standard InChI is InChI=1S/C38H73O10P/c1-3-5-7-9-11-13-15-17-18-20-21-23-25-27-29-37(41)45-33-36(34-47-49(43,44)46-32-35(40)31-39)48-38(42)30-28-26-24-22-19-16-14-12-10-8-6-4-2/h15,17,35-36,39-40H,3-14,16,18-34H2,1-2H3,(H,43,44)/b17-15-/t35-,36+/m0/s1. The van der Waals surface area contributed by atoms with Crippen LogP contribution in [0.4, 0.5) is 0 Å². The van der Waals surface area contributed by atoms with Gasteiger partial charge in [-0.25, -0.2) is 4.57 Å². The van der Waals surface area contributed by atoms with Gasteiger partial charge in [0, 0.05) is 12.8 Å². The molecule has 0 aromatic carbocycles. The number of hydrogen-bond acceptors (Lipinski definition) is 9. The van der Waals surface area contributed by atoms with Crippen LogP contribution < -0.4 is 0 Å². The van der Waals surface area contributed by atoms with Gasteiger partial charge in [0.2, 0.25) is 0 Å². The summed E-state index contributed by atoms with van der Waals surface area (Å²) in [7, 11) is -4.61. The van der Waals surface area contributed by atoms with Crippen LogP contribution >= 0.6 is 7.82 Å². The predicted molar refractivity (Wildman–Crippen MR) is 196 cm³/mol. The minimum absolute atomic E-state index is 0.187. The smallest absolute Gasteiger partial charge is 0.462 e. The largest absolute Gasteiger partial charge is 0.472 e. The van der Waals surface area contributed by atoms with Crippen molar-refractivity contribution >= 4 is 19.8 Å². The lowest BCUT2D eigenvalue weighted by Crippen LogP contribution is -2.29. The second-order valence-electron chi connectivity index (χ2n) is 13.3. The number of phosphoric ester groups is 1. The van der Waals surface area contributed by atoms with Gasteiger partial charge in [0.1, 0.15) is 12.7 Å². The number of carbonyl (C=O) groups is 2. The number of esters is 2. The van der Waals surface area contributed by atoms with E-state index in [-0.39, 0.29) is 19.4 Å². The molecule has 0 saturated heterocycles. The van der Waals surface area contributed by atoms with E-state index < -0.39 is 51.8 Å². The third-order valence-corrected chi connectivity index (χ3v) is 9.37. The van der Waals surface area contributed by atoms with Gasteiger partial charge in [-0.2, -0.15) is 0 Å². The molecule has 3 N–H and O–H groups in total. The van der Waals surface area contributed by atoms with Gasteiger partial charge in [-0.3, -0.25) is 18.6 Å². The molecule has 0 aromatic rings. The number of ether oxygens (including phenoxy) is 2. The Bertz CT molecular complexity index is 837. The van der Waals surface area contributed by atoms with Crippen LogP contribution in [0.3, 0.4) is 0 Å². The molecule has 10 nitrogen and oxygen atoms in total. The second-order valence-corrected chi connectivity index (χ2v) is 14.8. The van der Waals surface area contributed by atoms with Crippen molar-refractivity contribution in [2.75, 3.05) is 26.4 Å². The van der Waals surface area contributed by atoms with Gasteiger partial charge in [-0.15, -0.1) is 0 Å². The van der Waals surface area contributed by atoms with E-state index in [0.29, 0.717) is 12.8 Å². The lowest BCUT2D eigenvalue weighted by Gasteiger charge is -2.20. The summed E-state index contributed by atoms with van der Waals surface area (Å²) in [6.07, 6.45) is 30.3. The maximum Gasteiger partial charge on any atom is 0.472 e. The zero-order chi connectivity index (χ0) is 36.3. The van der Waals surface area contributed by atoms with E-state index in [4.69, 9.17) is 19.1 Å². The van der Waals surface area contributed by atoms with Crippen molar-refractivity contribution in [3.63, 3.8) is 0 Å². The molecule has 290 valence electrons. The number of phosphoric acid groups is 1. The van der Waals surface area contributed by atoms with Crippen LogP contribution in [-0.2, 0) is 32.7 Å². The number of rotatable bonds is 37. The highest BCUT2D eigenvalue weighted by Gasteiger charge is 2.27. The summed E-state index contributed by atoms with van der Waals surface area (Å²) in [6, 6.07) is 0. The molecule has 0 aromatic heterocycles. The van der Waals surface area contributed by atoms with E-state index in [0.717, 1.165) is 51.4 Å². The van der Waals surface area contributed by atoms with Crippen LogP contribution in [0.5, 0.6) is 0 Å². The first kappa shape index (κ1) is 47.7. The highest BCUT2D eigenvalue weighted by Crippen LogP contribution is 2.43. The number of allylic oxidation sites excluding steroid dienone is 2. The Morgan fingerprint density at radius 2 is 1.00 bits per heavy atom. The van der Waals surface area contributed by atoms with Crippen LogP contribution in [0.25, 0.3) is 0 Å². The maximum atomic E-state index is 12.5. The molecule has 0 heterocycles. The molecule has 0 aliphatic rings. The monoisotopic (exact) mass is 720 g/mol. The van der Waals surface area contributed by atoms with Crippen LogP contribution in [0.1, 0.15) is 181 Å². The predicted octanol–water partition coefficient (Wildman–Crippen LogP) is 9.67. The average Bonchev–Trinajstić information content (AvgIpc) is 3.09. The van der Waals surface area contributed by atoms with Crippen molar-refractivity contribution < 1.29 is 47.8 Å². The van der Waals surface area contributed by atoms with E-state index in [1.807, 2.05) is 0 Å². The first-order valence-electron chi connectivity index (χ1n) is 19.6. The van der Waals surface area contributed by atoms with E-state index in [1.165, 1.54) is 89.9 Å². The first-order valence-corrected chi connectivity index (χ1v) is 21.1. The first-order chi connectivity index (χ1) is 23.7. The molecular weight excluding hydrogens is 647 g/mol. The van der Waals surface area contributed by atoms with Crippen molar-refractivity contribution in [3.8, 4) is 0 Å². The average molecular weight is 721 g/mol. The third kappa shape index (κ3) is 34.9. The molecule has 49 heavy (non-hydrogen) atoms. The number of aliphatic hydroxyl groups is 2. The Labute approximate surface area is 298 Å². The van der Waals surface area contributed by atoms with Crippen LogP contribution in [0.15, 0.2) is 12.2 Å². The number of hydrogen-bond donors (Lipinski definition) is 3. The third-order valence-electron chi connectivity index (χ3n) is 8.42. The quantitative estimate of drug-likeness (QED) is 0.0245. The Hall–Kier alpha value is -1.29. The maximum absolute atomic E-state index is 12.5. The molecule has 0 bridgehead atoms. The minimum Gasteiger partial charge on any atom is -0.462 e. The molecule has 0 amide bonds. The fourth-order valence-electron chi connectivity index (χ4n) is 5.34. The van der Waals surface area contributed by atoms with Gasteiger partial charge in [0.25, 0.3) is 0 Å². The Kier molecular flexibility index (Phi) is 34.2. The van der Waals surface area contributed by atoms with E-state index in [9.17, 15) is 24.2 Å². The van der Waals surface area contributed by atoms with Crippen LogP contribution in [0.2, 0.25) is 0 Å². The van der Waals surface area contributed by atoms with Gasteiger partial charge in [-0.05, 0) is 38.5 Å². The van der Waals surface area contributed by atoms with Gasteiger partial charge >= 0.3 is 19.8 Å². The summed E-state index contributed by atoms with van der Waals surface area (Å²) in [6.45, 7) is 2.36. The van der Waals surface area contributed by atoms with Crippen LogP contribution in [-0.4, -0.2) is 65.7 Å². The summed E-state index contributed by atoms with van der Waals surface area (Å²) in [5, 5.41) is 18.3. The summed E-state index contributed by atoms with van der Waals surface area (Å²) in [5.74, 6) is -0.929. The molecule has 0 rings (SSSR count). The van der Waals surface area contributed by atoms with Gasteiger partial charge in [0.15, 0.2) is 6.10 Å². The Morgan fingerprint density at radius 3 is 1.47 bits per heavy atom. The lowest BCUT2D eigenvalue weighted by atomic mass is 10.0. The molecule has 0 spiro atoms.